The molecular weight excluding hydrogens is 158 g/mol. The molecule has 2 aliphatic carbocycles. The molecule has 0 radical (unpaired) electrons. The van der Waals surface area contributed by atoms with E-state index in [4.69, 9.17) is 0 Å². The topological polar surface area (TPSA) is 12.0 Å². The van der Waals surface area contributed by atoms with Gasteiger partial charge in [-0.15, -0.1) is 0 Å². The fraction of sp³-hybridized carbons (Fsp3) is 1.00. The first kappa shape index (κ1) is 9.51. The molecule has 0 aromatic heterocycles. The Labute approximate surface area is 82.3 Å². The molecule has 2 rings (SSSR count). The zero-order chi connectivity index (χ0) is 9.15. The van der Waals surface area contributed by atoms with E-state index in [1.165, 1.54) is 57.9 Å². The van der Waals surface area contributed by atoms with Gasteiger partial charge in [-0.05, 0) is 45.1 Å². The first-order chi connectivity index (χ1) is 6.29. The second-order valence-corrected chi connectivity index (χ2v) is 5.30. The molecule has 0 spiro atoms. The molecule has 1 heteroatoms. The lowest BCUT2D eigenvalue weighted by Gasteiger charge is -2.27. The molecule has 0 amide bonds. The van der Waals surface area contributed by atoms with Crippen molar-refractivity contribution in [3.05, 3.63) is 0 Å². The largest absolute Gasteiger partial charge is 0.311 e. The number of rotatable bonds is 3. The molecule has 0 heterocycles. The highest BCUT2D eigenvalue weighted by molar-refractivity contribution is 4.89. The maximum absolute atomic E-state index is 3.80. The van der Waals surface area contributed by atoms with E-state index in [0.29, 0.717) is 5.54 Å². The maximum Gasteiger partial charge on any atom is 0.0153 e. The van der Waals surface area contributed by atoms with Crippen LogP contribution in [0.5, 0.6) is 0 Å². The molecule has 0 unspecified atom stereocenters. The molecular formula is C12H23N. The molecule has 2 aliphatic rings. The van der Waals surface area contributed by atoms with Crippen LogP contribution < -0.4 is 5.32 Å². The van der Waals surface area contributed by atoms with Crippen molar-refractivity contribution in [2.45, 2.75) is 63.8 Å². The van der Waals surface area contributed by atoms with E-state index in [-0.39, 0.29) is 0 Å². The summed E-state index contributed by atoms with van der Waals surface area (Å²) < 4.78 is 0. The Balaban J connectivity index is 1.71. The number of hydrogen-bond acceptors (Lipinski definition) is 1. The Morgan fingerprint density at radius 3 is 2.31 bits per heavy atom. The van der Waals surface area contributed by atoms with Gasteiger partial charge in [0, 0.05) is 5.54 Å². The van der Waals surface area contributed by atoms with E-state index >= 15 is 0 Å². The molecule has 2 saturated carbocycles. The summed E-state index contributed by atoms with van der Waals surface area (Å²) in [4.78, 5) is 0. The van der Waals surface area contributed by atoms with Crippen LogP contribution in [0, 0.1) is 5.92 Å². The molecule has 0 aliphatic heterocycles. The Kier molecular flexibility index (Phi) is 2.92. The SMILES string of the molecule is CC1(NCC2CCCC2)CCCC1. The van der Waals surface area contributed by atoms with Crippen LogP contribution >= 0.6 is 0 Å². The van der Waals surface area contributed by atoms with Crippen molar-refractivity contribution in [1.29, 1.82) is 0 Å². The van der Waals surface area contributed by atoms with Gasteiger partial charge in [-0.1, -0.05) is 25.7 Å². The van der Waals surface area contributed by atoms with E-state index in [2.05, 4.69) is 12.2 Å². The number of nitrogens with one attached hydrogen (secondary N) is 1. The van der Waals surface area contributed by atoms with Crippen LogP contribution in [0.25, 0.3) is 0 Å². The lowest BCUT2D eigenvalue weighted by atomic mass is 9.99. The van der Waals surface area contributed by atoms with Gasteiger partial charge in [0.2, 0.25) is 0 Å². The van der Waals surface area contributed by atoms with Gasteiger partial charge < -0.3 is 5.32 Å². The highest BCUT2D eigenvalue weighted by Crippen LogP contribution is 2.30. The van der Waals surface area contributed by atoms with Crippen LogP contribution in [-0.4, -0.2) is 12.1 Å². The van der Waals surface area contributed by atoms with E-state index in [0.717, 1.165) is 5.92 Å². The number of hydrogen-bond donors (Lipinski definition) is 1. The van der Waals surface area contributed by atoms with Gasteiger partial charge in [-0.3, -0.25) is 0 Å². The summed E-state index contributed by atoms with van der Waals surface area (Å²) in [6, 6.07) is 0. The van der Waals surface area contributed by atoms with Gasteiger partial charge >= 0.3 is 0 Å². The predicted molar refractivity (Wildman–Crippen MR) is 56.8 cm³/mol. The van der Waals surface area contributed by atoms with Crippen LogP contribution in [0.1, 0.15) is 58.3 Å². The van der Waals surface area contributed by atoms with Crippen molar-refractivity contribution < 1.29 is 0 Å². The summed E-state index contributed by atoms with van der Waals surface area (Å²) in [5.74, 6) is 0.998. The lowest BCUT2D eigenvalue weighted by molar-refractivity contribution is 0.330. The average molecular weight is 181 g/mol. The summed E-state index contributed by atoms with van der Waals surface area (Å²) in [6.07, 6.45) is 11.6. The van der Waals surface area contributed by atoms with Crippen molar-refractivity contribution in [2.24, 2.45) is 5.92 Å². The highest BCUT2D eigenvalue weighted by atomic mass is 15.0. The van der Waals surface area contributed by atoms with Crippen LogP contribution in [0.4, 0.5) is 0 Å². The van der Waals surface area contributed by atoms with Crippen LogP contribution in [0.3, 0.4) is 0 Å². The summed E-state index contributed by atoms with van der Waals surface area (Å²) in [5.41, 5.74) is 0.503. The quantitative estimate of drug-likeness (QED) is 0.705. The minimum absolute atomic E-state index is 0.503. The zero-order valence-corrected chi connectivity index (χ0v) is 8.94. The van der Waals surface area contributed by atoms with E-state index < -0.39 is 0 Å². The van der Waals surface area contributed by atoms with Crippen LogP contribution in [0.2, 0.25) is 0 Å². The fourth-order valence-electron chi connectivity index (χ4n) is 2.94. The van der Waals surface area contributed by atoms with Crippen molar-refractivity contribution in [2.75, 3.05) is 6.54 Å². The van der Waals surface area contributed by atoms with E-state index in [1.54, 1.807) is 0 Å². The van der Waals surface area contributed by atoms with Crippen LogP contribution in [-0.2, 0) is 0 Å². The summed E-state index contributed by atoms with van der Waals surface area (Å²) in [7, 11) is 0. The van der Waals surface area contributed by atoms with E-state index in [1.807, 2.05) is 0 Å². The second kappa shape index (κ2) is 4.00. The maximum atomic E-state index is 3.80. The summed E-state index contributed by atoms with van der Waals surface area (Å²) in [5, 5.41) is 3.80. The van der Waals surface area contributed by atoms with Gasteiger partial charge in [0.05, 0.1) is 0 Å². The minimum Gasteiger partial charge on any atom is -0.311 e. The smallest absolute Gasteiger partial charge is 0.0153 e. The van der Waals surface area contributed by atoms with Crippen molar-refractivity contribution in [3.63, 3.8) is 0 Å². The molecule has 1 N–H and O–H groups in total. The summed E-state index contributed by atoms with van der Waals surface area (Å²) >= 11 is 0. The van der Waals surface area contributed by atoms with Gasteiger partial charge in [0.25, 0.3) is 0 Å². The third-order valence-electron chi connectivity index (χ3n) is 4.00. The van der Waals surface area contributed by atoms with E-state index in [9.17, 15) is 0 Å². The van der Waals surface area contributed by atoms with Crippen molar-refractivity contribution >= 4 is 0 Å². The van der Waals surface area contributed by atoms with Gasteiger partial charge in [0.15, 0.2) is 0 Å². The van der Waals surface area contributed by atoms with Gasteiger partial charge in [0.1, 0.15) is 0 Å². The Morgan fingerprint density at radius 1 is 1.08 bits per heavy atom. The van der Waals surface area contributed by atoms with Gasteiger partial charge in [-0.25, -0.2) is 0 Å². The molecule has 0 aromatic rings. The molecule has 0 saturated heterocycles. The van der Waals surface area contributed by atoms with Crippen molar-refractivity contribution in [3.8, 4) is 0 Å². The Bertz CT molecular complexity index is 153. The molecule has 0 bridgehead atoms. The molecule has 13 heavy (non-hydrogen) atoms. The summed E-state index contributed by atoms with van der Waals surface area (Å²) in [6.45, 7) is 3.70. The molecule has 0 aromatic carbocycles. The first-order valence-electron chi connectivity index (χ1n) is 6.04. The van der Waals surface area contributed by atoms with Gasteiger partial charge in [-0.2, -0.15) is 0 Å². The lowest BCUT2D eigenvalue weighted by Crippen LogP contribution is -2.41. The first-order valence-corrected chi connectivity index (χ1v) is 6.04. The zero-order valence-electron chi connectivity index (χ0n) is 8.94. The molecule has 0 atom stereocenters. The standard InChI is InChI=1S/C12H23N/c1-12(8-4-5-9-12)13-10-11-6-2-3-7-11/h11,13H,2-10H2,1H3. The third-order valence-corrected chi connectivity index (χ3v) is 4.00. The average Bonchev–Trinajstić information content (AvgIpc) is 2.72. The Hall–Kier alpha value is -0.0400. The second-order valence-electron chi connectivity index (χ2n) is 5.30. The molecule has 2 fully saturated rings. The fourth-order valence-corrected chi connectivity index (χ4v) is 2.94. The molecule has 1 nitrogen and oxygen atoms in total. The highest BCUT2D eigenvalue weighted by Gasteiger charge is 2.28. The van der Waals surface area contributed by atoms with Crippen LogP contribution in [0.15, 0.2) is 0 Å². The van der Waals surface area contributed by atoms with Crippen molar-refractivity contribution in [1.82, 2.24) is 5.32 Å². The minimum atomic E-state index is 0.503. The normalized spacial score (nSPS) is 28.4. The molecule has 76 valence electrons. The predicted octanol–water partition coefficient (Wildman–Crippen LogP) is 3.10. The monoisotopic (exact) mass is 181 g/mol. The third kappa shape index (κ3) is 2.46. The Morgan fingerprint density at radius 2 is 1.69 bits per heavy atom.